The van der Waals surface area contributed by atoms with Crippen LogP contribution in [0.2, 0.25) is 0 Å². The first-order chi connectivity index (χ1) is 5.07. The minimum atomic E-state index is -3.74. The molecule has 12 heavy (non-hydrogen) atoms. The highest BCUT2D eigenvalue weighted by Gasteiger charge is 2.46. The van der Waals surface area contributed by atoms with Gasteiger partial charge in [-0.25, -0.2) is 0 Å². The normalized spacial score (nSPS) is 19.0. The molecule has 0 aromatic heterocycles. The molecule has 0 fully saturated rings. The summed E-state index contributed by atoms with van der Waals surface area (Å²) in [6.45, 7) is 0. The summed E-state index contributed by atoms with van der Waals surface area (Å²) in [5.74, 6) is -7.47. The van der Waals surface area contributed by atoms with Crippen molar-refractivity contribution in [1.29, 1.82) is 0 Å². The first-order valence-corrected chi connectivity index (χ1v) is 2.77. The van der Waals surface area contributed by atoms with Crippen LogP contribution in [0.25, 0.3) is 0 Å². The molecule has 2 atom stereocenters. The lowest BCUT2D eigenvalue weighted by Crippen LogP contribution is -2.58. The highest BCUT2D eigenvalue weighted by molar-refractivity contribution is 4.77. The summed E-state index contributed by atoms with van der Waals surface area (Å²) in [5.41, 5.74) is 0. The Labute approximate surface area is 66.2 Å². The van der Waals surface area contributed by atoms with Crippen LogP contribution in [0.1, 0.15) is 0 Å². The summed E-state index contributed by atoms with van der Waals surface area (Å²) >= 11 is 0. The van der Waals surface area contributed by atoms with E-state index in [1.165, 1.54) is 0 Å². The molecule has 0 saturated carbocycles. The second-order valence-corrected chi connectivity index (χ2v) is 2.26. The maximum atomic E-state index is 8.51. The molecule has 0 aromatic carbocycles. The molecule has 0 rings (SSSR count). The highest BCUT2D eigenvalue weighted by Crippen LogP contribution is 2.13. The summed E-state index contributed by atoms with van der Waals surface area (Å²) in [4.78, 5) is 0. The summed E-state index contributed by atoms with van der Waals surface area (Å²) < 4.78 is 0. The second-order valence-electron chi connectivity index (χ2n) is 2.26. The SMILES string of the molecule is OC(C(O)C(O)(O)O)C(O)(O)O. The molecule has 0 saturated heterocycles. The van der Waals surface area contributed by atoms with Crippen molar-refractivity contribution >= 4 is 0 Å². The van der Waals surface area contributed by atoms with Gasteiger partial charge in [0.25, 0.3) is 0 Å². The van der Waals surface area contributed by atoms with E-state index in [4.69, 9.17) is 40.9 Å². The van der Waals surface area contributed by atoms with Gasteiger partial charge in [-0.05, 0) is 0 Å². The molecule has 0 aromatic rings. The van der Waals surface area contributed by atoms with Crippen LogP contribution in [0.4, 0.5) is 0 Å². The Bertz CT molecular complexity index is 124. The summed E-state index contributed by atoms with van der Waals surface area (Å²) in [7, 11) is 0. The molecule has 0 heterocycles. The molecule has 2 unspecified atom stereocenters. The first-order valence-electron chi connectivity index (χ1n) is 2.77. The summed E-state index contributed by atoms with van der Waals surface area (Å²) in [5, 5.41) is 66.1. The molecule has 8 N–H and O–H groups in total. The predicted molar refractivity (Wildman–Crippen MR) is 30.8 cm³/mol. The van der Waals surface area contributed by atoms with Crippen LogP contribution in [0.15, 0.2) is 0 Å². The van der Waals surface area contributed by atoms with Crippen molar-refractivity contribution in [3.63, 3.8) is 0 Å². The molecule has 0 radical (unpaired) electrons. The number of hydrogen-bond donors (Lipinski definition) is 8. The molecule has 0 bridgehead atoms. The Morgan fingerprint density at radius 1 is 0.583 bits per heavy atom. The average Bonchev–Trinajstić information content (AvgIpc) is 1.80. The van der Waals surface area contributed by atoms with Gasteiger partial charge >= 0.3 is 11.9 Å². The molecular formula is C4H10O8. The quantitative estimate of drug-likeness (QED) is 0.203. The van der Waals surface area contributed by atoms with Crippen LogP contribution < -0.4 is 0 Å². The molecule has 0 aliphatic heterocycles. The third-order valence-corrected chi connectivity index (χ3v) is 1.09. The van der Waals surface area contributed by atoms with Crippen LogP contribution in [0, 0.1) is 0 Å². The molecule has 0 amide bonds. The van der Waals surface area contributed by atoms with Gasteiger partial charge in [-0.3, -0.25) is 0 Å². The zero-order valence-corrected chi connectivity index (χ0v) is 5.73. The Morgan fingerprint density at radius 3 is 0.833 bits per heavy atom. The molecular weight excluding hydrogens is 176 g/mol. The lowest BCUT2D eigenvalue weighted by molar-refractivity contribution is -0.420. The van der Waals surface area contributed by atoms with Crippen molar-refractivity contribution in [3.05, 3.63) is 0 Å². The van der Waals surface area contributed by atoms with Gasteiger partial charge in [0, 0.05) is 0 Å². The molecule has 0 spiro atoms. The predicted octanol–water partition coefficient (Wildman–Crippen LogP) is -5.03. The highest BCUT2D eigenvalue weighted by atomic mass is 16.7. The second kappa shape index (κ2) is 3.20. The molecule has 74 valence electrons. The third-order valence-electron chi connectivity index (χ3n) is 1.09. The van der Waals surface area contributed by atoms with Gasteiger partial charge in [0.1, 0.15) is 0 Å². The van der Waals surface area contributed by atoms with Crippen molar-refractivity contribution in [2.75, 3.05) is 0 Å². The number of rotatable bonds is 3. The average molecular weight is 186 g/mol. The van der Waals surface area contributed by atoms with E-state index in [2.05, 4.69) is 0 Å². The van der Waals surface area contributed by atoms with E-state index in [0.717, 1.165) is 0 Å². The van der Waals surface area contributed by atoms with Crippen molar-refractivity contribution < 1.29 is 40.9 Å². The fourth-order valence-electron chi connectivity index (χ4n) is 0.424. The van der Waals surface area contributed by atoms with Gasteiger partial charge in [0.15, 0.2) is 12.2 Å². The van der Waals surface area contributed by atoms with Crippen LogP contribution in [0.5, 0.6) is 0 Å². The smallest absolute Gasteiger partial charge is 0.305 e. The number of aliphatic hydroxyl groups is 8. The van der Waals surface area contributed by atoms with E-state index < -0.39 is 24.2 Å². The summed E-state index contributed by atoms with van der Waals surface area (Å²) in [6.07, 6.45) is -5.50. The zero-order chi connectivity index (χ0) is 10.2. The molecule has 0 aliphatic rings. The van der Waals surface area contributed by atoms with Gasteiger partial charge < -0.3 is 40.9 Å². The summed E-state index contributed by atoms with van der Waals surface area (Å²) in [6, 6.07) is 0. The van der Waals surface area contributed by atoms with E-state index >= 15 is 0 Å². The Kier molecular flexibility index (Phi) is 3.12. The van der Waals surface area contributed by atoms with E-state index in [9.17, 15) is 0 Å². The lowest BCUT2D eigenvalue weighted by atomic mass is 10.1. The molecule has 0 aliphatic carbocycles. The van der Waals surface area contributed by atoms with Crippen molar-refractivity contribution in [2.24, 2.45) is 0 Å². The van der Waals surface area contributed by atoms with Crippen molar-refractivity contribution in [2.45, 2.75) is 24.2 Å². The van der Waals surface area contributed by atoms with E-state index in [1.807, 2.05) is 0 Å². The minimum absolute atomic E-state index is 2.75. The number of hydrogen-bond acceptors (Lipinski definition) is 8. The van der Waals surface area contributed by atoms with Gasteiger partial charge in [-0.15, -0.1) is 0 Å². The Morgan fingerprint density at radius 2 is 0.750 bits per heavy atom. The zero-order valence-electron chi connectivity index (χ0n) is 5.73. The fraction of sp³-hybridized carbons (Fsp3) is 1.00. The van der Waals surface area contributed by atoms with E-state index in [-0.39, 0.29) is 0 Å². The van der Waals surface area contributed by atoms with Gasteiger partial charge in [0.2, 0.25) is 0 Å². The van der Waals surface area contributed by atoms with Gasteiger partial charge in [0.05, 0.1) is 0 Å². The topological polar surface area (TPSA) is 162 Å². The Balaban J connectivity index is 4.41. The molecule has 8 nitrogen and oxygen atoms in total. The van der Waals surface area contributed by atoms with Crippen molar-refractivity contribution in [3.8, 4) is 0 Å². The van der Waals surface area contributed by atoms with Crippen LogP contribution >= 0.6 is 0 Å². The molecule has 8 heteroatoms. The van der Waals surface area contributed by atoms with Crippen LogP contribution in [0.3, 0.4) is 0 Å². The standard InChI is InChI=1S/C4H10O8/c5-1(3(7,8)9)2(6)4(10,11)12/h1-2,5-12H. The minimum Gasteiger partial charge on any atom is -0.382 e. The monoisotopic (exact) mass is 186 g/mol. The van der Waals surface area contributed by atoms with Crippen LogP contribution in [-0.2, 0) is 0 Å². The van der Waals surface area contributed by atoms with Crippen LogP contribution in [-0.4, -0.2) is 65.0 Å². The lowest BCUT2D eigenvalue weighted by Gasteiger charge is -2.29. The maximum absolute atomic E-state index is 8.51. The van der Waals surface area contributed by atoms with Crippen molar-refractivity contribution in [1.82, 2.24) is 0 Å². The number of aliphatic hydroxyl groups excluding tert-OH is 2. The van der Waals surface area contributed by atoms with Gasteiger partial charge in [-0.1, -0.05) is 0 Å². The Hall–Kier alpha value is -0.320. The van der Waals surface area contributed by atoms with E-state index in [0.29, 0.717) is 0 Å². The maximum Gasteiger partial charge on any atom is 0.305 e. The van der Waals surface area contributed by atoms with E-state index in [1.54, 1.807) is 0 Å². The first kappa shape index (κ1) is 11.7. The largest absolute Gasteiger partial charge is 0.382 e. The third kappa shape index (κ3) is 2.97. The van der Waals surface area contributed by atoms with Gasteiger partial charge in [-0.2, -0.15) is 0 Å². The fourth-order valence-corrected chi connectivity index (χ4v) is 0.424.